The molecule has 0 aromatic rings. The average Bonchev–Trinajstić information content (AvgIpc) is 2.06. The van der Waals surface area contributed by atoms with Crippen LogP contribution in [0.15, 0.2) is 0 Å². The van der Waals surface area contributed by atoms with E-state index in [-0.39, 0.29) is 41.1 Å². The summed E-state index contributed by atoms with van der Waals surface area (Å²) < 4.78 is 58.1. The van der Waals surface area contributed by atoms with Crippen molar-refractivity contribution in [1.29, 1.82) is 0 Å². The van der Waals surface area contributed by atoms with E-state index in [1.807, 2.05) is 0 Å². The summed E-state index contributed by atoms with van der Waals surface area (Å²) in [4.78, 5) is 0. The summed E-state index contributed by atoms with van der Waals surface area (Å²) in [5.74, 6) is 0.615. The molecule has 0 saturated heterocycles. The molecular formula is C6H15NaO6S4. The molecular weight excluding hydrogens is 319 g/mol. The topological polar surface area (TPSA) is 109 Å². The molecule has 0 spiro atoms. The standard InChI is InChI=1S/C6H14O6S4.Na.H/c7-15(8,9)5-1-3-13-14-4-2-6-16(10,11)12;;/h1-6H2,(H,7,8,9)(H,10,11,12);;. The van der Waals surface area contributed by atoms with Crippen molar-refractivity contribution in [2.24, 2.45) is 0 Å². The Bertz CT molecular complexity index is 339. The van der Waals surface area contributed by atoms with Crippen LogP contribution in [0.1, 0.15) is 12.8 Å². The van der Waals surface area contributed by atoms with E-state index >= 15 is 0 Å². The molecule has 11 heteroatoms. The minimum atomic E-state index is -3.88. The maximum absolute atomic E-state index is 10.3. The molecule has 6 nitrogen and oxygen atoms in total. The third-order valence-corrected chi connectivity index (χ3v) is 5.53. The molecule has 0 saturated carbocycles. The van der Waals surface area contributed by atoms with E-state index in [1.165, 1.54) is 21.6 Å². The summed E-state index contributed by atoms with van der Waals surface area (Å²) in [5.41, 5.74) is 0. The van der Waals surface area contributed by atoms with Crippen molar-refractivity contribution in [3.05, 3.63) is 0 Å². The molecule has 0 fully saturated rings. The van der Waals surface area contributed by atoms with Crippen molar-refractivity contribution in [3.63, 3.8) is 0 Å². The van der Waals surface area contributed by atoms with Gasteiger partial charge in [-0.25, -0.2) is 0 Å². The van der Waals surface area contributed by atoms with Crippen LogP contribution in [0.4, 0.5) is 0 Å². The van der Waals surface area contributed by atoms with E-state index in [4.69, 9.17) is 9.11 Å². The summed E-state index contributed by atoms with van der Waals surface area (Å²) in [6.45, 7) is 0. The van der Waals surface area contributed by atoms with Crippen molar-refractivity contribution in [2.45, 2.75) is 12.8 Å². The molecule has 0 radical (unpaired) electrons. The van der Waals surface area contributed by atoms with Gasteiger partial charge in [0, 0.05) is 11.5 Å². The molecule has 0 heterocycles. The predicted molar refractivity (Wildman–Crippen MR) is 74.1 cm³/mol. The van der Waals surface area contributed by atoms with Crippen LogP contribution in [0.3, 0.4) is 0 Å². The molecule has 0 aliphatic carbocycles. The zero-order valence-electron chi connectivity index (χ0n) is 8.40. The molecule has 0 aromatic carbocycles. The molecule has 0 atom stereocenters. The molecule has 0 bridgehead atoms. The van der Waals surface area contributed by atoms with Crippen molar-refractivity contribution in [1.82, 2.24) is 0 Å². The van der Waals surface area contributed by atoms with Crippen LogP contribution in [-0.4, -0.2) is 78.5 Å². The third kappa shape index (κ3) is 20.0. The van der Waals surface area contributed by atoms with Crippen LogP contribution >= 0.6 is 21.6 Å². The van der Waals surface area contributed by atoms with Crippen LogP contribution in [0.25, 0.3) is 0 Å². The summed E-state index contributed by atoms with van der Waals surface area (Å²) in [5, 5.41) is 0. The Kier molecular flexibility index (Phi) is 12.7. The molecule has 17 heavy (non-hydrogen) atoms. The molecule has 0 aliphatic heterocycles. The second kappa shape index (κ2) is 10.3. The number of hydrogen-bond acceptors (Lipinski definition) is 6. The Balaban J connectivity index is 0. The molecule has 0 amide bonds. The van der Waals surface area contributed by atoms with Crippen molar-refractivity contribution >= 4 is 71.4 Å². The minimum absolute atomic E-state index is 0. The molecule has 100 valence electrons. The van der Waals surface area contributed by atoms with E-state index in [0.717, 1.165) is 0 Å². The first kappa shape index (κ1) is 20.8. The van der Waals surface area contributed by atoms with Gasteiger partial charge in [-0.2, -0.15) is 16.8 Å². The van der Waals surface area contributed by atoms with Crippen LogP contribution in [0.5, 0.6) is 0 Å². The Morgan fingerprint density at radius 1 is 0.765 bits per heavy atom. The predicted octanol–water partition coefficient (Wildman–Crippen LogP) is 0.275. The van der Waals surface area contributed by atoms with E-state index in [1.54, 1.807) is 0 Å². The molecule has 2 N–H and O–H groups in total. The Morgan fingerprint density at radius 2 is 1.06 bits per heavy atom. The summed E-state index contributed by atoms with van der Waals surface area (Å²) in [7, 11) is -4.93. The Labute approximate surface area is 132 Å². The Morgan fingerprint density at radius 3 is 1.29 bits per heavy atom. The first-order chi connectivity index (χ1) is 7.21. The zero-order chi connectivity index (χ0) is 12.7. The third-order valence-electron chi connectivity index (χ3n) is 1.34. The monoisotopic (exact) mass is 334 g/mol. The van der Waals surface area contributed by atoms with Gasteiger partial charge in [-0.15, -0.1) is 0 Å². The van der Waals surface area contributed by atoms with Crippen molar-refractivity contribution in [3.8, 4) is 0 Å². The molecule has 0 aliphatic rings. The first-order valence-corrected chi connectivity index (χ1v) is 10.1. The van der Waals surface area contributed by atoms with Gasteiger partial charge >= 0.3 is 29.6 Å². The van der Waals surface area contributed by atoms with Gasteiger partial charge in [0.25, 0.3) is 20.2 Å². The van der Waals surface area contributed by atoms with E-state index in [2.05, 4.69) is 0 Å². The van der Waals surface area contributed by atoms with E-state index in [0.29, 0.717) is 24.3 Å². The fourth-order valence-electron chi connectivity index (χ4n) is 0.718. The zero-order valence-corrected chi connectivity index (χ0v) is 11.7. The quantitative estimate of drug-likeness (QED) is 0.268. The summed E-state index contributed by atoms with van der Waals surface area (Å²) >= 11 is 0. The van der Waals surface area contributed by atoms with E-state index < -0.39 is 20.2 Å². The molecule has 0 rings (SSSR count). The Hall–Kier alpha value is 1.52. The average molecular weight is 334 g/mol. The number of hydrogen-bond donors (Lipinski definition) is 2. The van der Waals surface area contributed by atoms with Gasteiger partial charge < -0.3 is 0 Å². The first-order valence-electron chi connectivity index (χ1n) is 4.35. The summed E-state index contributed by atoms with van der Waals surface area (Å²) in [6.07, 6.45) is 0.712. The molecule has 0 unspecified atom stereocenters. The van der Waals surface area contributed by atoms with Crippen LogP contribution in [0.2, 0.25) is 0 Å². The van der Waals surface area contributed by atoms with Gasteiger partial charge in [0.1, 0.15) is 0 Å². The molecule has 0 aromatic heterocycles. The SMILES string of the molecule is O=S(=O)(O)CCCSSCCCS(=O)(=O)O.[NaH]. The van der Waals surface area contributed by atoms with Gasteiger partial charge in [-0.1, -0.05) is 21.6 Å². The van der Waals surface area contributed by atoms with E-state index in [9.17, 15) is 16.8 Å². The van der Waals surface area contributed by atoms with Gasteiger partial charge in [0.2, 0.25) is 0 Å². The van der Waals surface area contributed by atoms with Crippen LogP contribution < -0.4 is 0 Å². The van der Waals surface area contributed by atoms with Gasteiger partial charge in [-0.3, -0.25) is 9.11 Å². The van der Waals surface area contributed by atoms with Gasteiger partial charge in [0.15, 0.2) is 0 Å². The van der Waals surface area contributed by atoms with Gasteiger partial charge in [-0.05, 0) is 12.8 Å². The summed E-state index contributed by atoms with van der Waals surface area (Å²) in [6, 6.07) is 0. The fraction of sp³-hybridized carbons (Fsp3) is 1.00. The second-order valence-electron chi connectivity index (χ2n) is 2.92. The van der Waals surface area contributed by atoms with Crippen molar-refractivity contribution in [2.75, 3.05) is 23.0 Å². The normalized spacial score (nSPS) is 12.1. The second-order valence-corrected chi connectivity index (χ2v) is 8.77. The van der Waals surface area contributed by atoms with Crippen LogP contribution in [-0.2, 0) is 20.2 Å². The van der Waals surface area contributed by atoms with Crippen molar-refractivity contribution < 1.29 is 25.9 Å². The number of rotatable bonds is 9. The van der Waals surface area contributed by atoms with Crippen LogP contribution in [0, 0.1) is 0 Å². The maximum atomic E-state index is 10.3. The van der Waals surface area contributed by atoms with Gasteiger partial charge in [0.05, 0.1) is 11.5 Å². The fourth-order valence-corrected chi connectivity index (χ4v) is 4.28.